The van der Waals surface area contributed by atoms with Crippen LogP contribution in [-0.2, 0) is 16.1 Å². The fourth-order valence-electron chi connectivity index (χ4n) is 1.41. The van der Waals surface area contributed by atoms with Gasteiger partial charge < -0.3 is 9.47 Å². The third kappa shape index (κ3) is 3.75. The summed E-state index contributed by atoms with van der Waals surface area (Å²) in [4.78, 5) is 15.3. The minimum atomic E-state index is -0.683. The van der Waals surface area contributed by atoms with Crippen LogP contribution in [0.3, 0.4) is 0 Å². The Kier molecular flexibility index (Phi) is 3.91. The SMILES string of the molecule is O=C(OCc1ccccc1)OC1=CN=CCC1. The summed E-state index contributed by atoms with van der Waals surface area (Å²) in [6.07, 6.45) is 4.11. The number of allylic oxidation sites excluding steroid dienone is 1. The second kappa shape index (κ2) is 5.84. The normalized spacial score (nSPS) is 14.0. The smallest absolute Gasteiger partial charge is 0.429 e. The van der Waals surface area contributed by atoms with Crippen molar-refractivity contribution in [2.45, 2.75) is 19.4 Å². The highest BCUT2D eigenvalue weighted by molar-refractivity contribution is 5.63. The lowest BCUT2D eigenvalue weighted by Crippen LogP contribution is -2.08. The van der Waals surface area contributed by atoms with Crippen LogP contribution in [-0.4, -0.2) is 12.4 Å². The van der Waals surface area contributed by atoms with E-state index in [2.05, 4.69) is 4.99 Å². The molecule has 1 aliphatic heterocycles. The summed E-state index contributed by atoms with van der Waals surface area (Å²) < 4.78 is 9.98. The monoisotopic (exact) mass is 231 g/mol. The highest BCUT2D eigenvalue weighted by Crippen LogP contribution is 2.12. The van der Waals surface area contributed by atoms with Crippen molar-refractivity contribution >= 4 is 12.4 Å². The second-order valence-electron chi connectivity index (χ2n) is 3.59. The van der Waals surface area contributed by atoms with Gasteiger partial charge in [0.25, 0.3) is 0 Å². The molecule has 4 nitrogen and oxygen atoms in total. The number of hydrogen-bond donors (Lipinski definition) is 0. The van der Waals surface area contributed by atoms with Crippen molar-refractivity contribution in [3.63, 3.8) is 0 Å². The number of carbonyl (C=O) groups is 1. The minimum absolute atomic E-state index is 0.218. The molecule has 1 aromatic carbocycles. The summed E-state index contributed by atoms with van der Waals surface area (Å²) in [5, 5.41) is 0. The van der Waals surface area contributed by atoms with E-state index in [-0.39, 0.29) is 6.61 Å². The van der Waals surface area contributed by atoms with Crippen LogP contribution in [0, 0.1) is 0 Å². The van der Waals surface area contributed by atoms with Gasteiger partial charge in [0.1, 0.15) is 12.4 Å². The molecule has 17 heavy (non-hydrogen) atoms. The molecular weight excluding hydrogens is 218 g/mol. The Morgan fingerprint density at radius 3 is 2.82 bits per heavy atom. The lowest BCUT2D eigenvalue weighted by molar-refractivity contribution is 0.0691. The first-order chi connectivity index (χ1) is 8.34. The molecule has 1 heterocycles. The maximum Gasteiger partial charge on any atom is 0.513 e. The number of ether oxygens (including phenoxy) is 2. The number of carbonyl (C=O) groups excluding carboxylic acids is 1. The van der Waals surface area contributed by atoms with Crippen LogP contribution < -0.4 is 0 Å². The first kappa shape index (κ1) is 11.4. The highest BCUT2D eigenvalue weighted by atomic mass is 16.7. The average Bonchev–Trinajstić information content (AvgIpc) is 2.39. The lowest BCUT2D eigenvalue weighted by atomic mass is 10.2. The van der Waals surface area contributed by atoms with Crippen molar-refractivity contribution in [2.24, 2.45) is 4.99 Å². The molecule has 0 radical (unpaired) electrons. The molecule has 0 unspecified atom stereocenters. The third-order valence-corrected chi connectivity index (χ3v) is 2.26. The first-order valence-electron chi connectivity index (χ1n) is 5.44. The molecule has 0 spiro atoms. The van der Waals surface area contributed by atoms with Gasteiger partial charge in [-0.3, -0.25) is 4.99 Å². The maximum atomic E-state index is 11.3. The molecule has 2 rings (SSSR count). The lowest BCUT2D eigenvalue weighted by Gasteiger charge is -2.09. The molecule has 0 N–H and O–H groups in total. The van der Waals surface area contributed by atoms with Crippen LogP contribution in [0.1, 0.15) is 18.4 Å². The summed E-state index contributed by atoms with van der Waals surface area (Å²) in [7, 11) is 0. The van der Waals surface area contributed by atoms with Crippen molar-refractivity contribution in [3.05, 3.63) is 47.9 Å². The quantitative estimate of drug-likeness (QED) is 0.751. The zero-order valence-corrected chi connectivity index (χ0v) is 9.33. The predicted octanol–water partition coefficient (Wildman–Crippen LogP) is 3.05. The number of aliphatic imine (C=N–C) groups is 1. The van der Waals surface area contributed by atoms with Gasteiger partial charge in [-0.25, -0.2) is 4.79 Å². The molecule has 1 aliphatic rings. The highest BCUT2D eigenvalue weighted by Gasteiger charge is 2.09. The van der Waals surface area contributed by atoms with Gasteiger partial charge in [0.05, 0.1) is 6.20 Å². The number of benzene rings is 1. The summed E-state index contributed by atoms with van der Waals surface area (Å²) >= 11 is 0. The van der Waals surface area contributed by atoms with E-state index in [0.717, 1.165) is 12.0 Å². The zero-order chi connectivity index (χ0) is 11.9. The molecule has 0 saturated carbocycles. The average molecular weight is 231 g/mol. The van der Waals surface area contributed by atoms with Gasteiger partial charge in [-0.1, -0.05) is 30.3 Å². The fourth-order valence-corrected chi connectivity index (χ4v) is 1.41. The van der Waals surface area contributed by atoms with Crippen molar-refractivity contribution in [2.75, 3.05) is 0 Å². The number of hydrogen-bond acceptors (Lipinski definition) is 4. The van der Waals surface area contributed by atoms with E-state index >= 15 is 0 Å². The Bertz CT molecular complexity index is 437. The predicted molar refractivity (Wildman–Crippen MR) is 63.5 cm³/mol. The van der Waals surface area contributed by atoms with E-state index in [1.54, 1.807) is 6.21 Å². The molecule has 0 bridgehead atoms. The molecular formula is C13H13NO3. The Morgan fingerprint density at radius 1 is 1.29 bits per heavy atom. The largest absolute Gasteiger partial charge is 0.513 e. The number of rotatable bonds is 3. The van der Waals surface area contributed by atoms with E-state index in [0.29, 0.717) is 12.2 Å². The molecule has 0 saturated heterocycles. The van der Waals surface area contributed by atoms with Gasteiger partial charge in [0.2, 0.25) is 0 Å². The van der Waals surface area contributed by atoms with Crippen molar-refractivity contribution in [3.8, 4) is 0 Å². The van der Waals surface area contributed by atoms with Crippen molar-refractivity contribution < 1.29 is 14.3 Å². The van der Waals surface area contributed by atoms with Crippen LogP contribution in [0.5, 0.6) is 0 Å². The topological polar surface area (TPSA) is 47.9 Å². The second-order valence-corrected chi connectivity index (χ2v) is 3.59. The molecule has 4 heteroatoms. The first-order valence-corrected chi connectivity index (χ1v) is 5.44. The summed E-state index contributed by atoms with van der Waals surface area (Å²) in [5.41, 5.74) is 0.931. The van der Waals surface area contributed by atoms with Gasteiger partial charge in [-0.05, 0) is 12.0 Å². The Balaban J connectivity index is 1.78. The fraction of sp³-hybridized carbons (Fsp3) is 0.231. The number of nitrogens with zero attached hydrogens (tertiary/aromatic N) is 1. The van der Waals surface area contributed by atoms with Crippen LogP contribution >= 0.6 is 0 Å². The molecule has 0 atom stereocenters. The van der Waals surface area contributed by atoms with Gasteiger partial charge in [0, 0.05) is 12.6 Å². The standard InChI is InChI=1S/C13H13NO3/c15-13(17-12-7-4-8-14-9-12)16-10-11-5-2-1-3-6-11/h1-3,5-6,8-9H,4,7,10H2. The molecule has 0 fully saturated rings. The van der Waals surface area contributed by atoms with Crippen LogP contribution in [0.4, 0.5) is 4.79 Å². The van der Waals surface area contributed by atoms with E-state index < -0.39 is 6.16 Å². The summed E-state index contributed by atoms with van der Waals surface area (Å²) in [6.45, 7) is 0.218. The Labute approximate surface area is 99.6 Å². The summed E-state index contributed by atoms with van der Waals surface area (Å²) in [5.74, 6) is 0.547. The maximum absolute atomic E-state index is 11.3. The summed E-state index contributed by atoms with van der Waals surface area (Å²) in [6, 6.07) is 9.46. The van der Waals surface area contributed by atoms with E-state index in [4.69, 9.17) is 9.47 Å². The molecule has 0 aliphatic carbocycles. The van der Waals surface area contributed by atoms with Crippen molar-refractivity contribution in [1.82, 2.24) is 0 Å². The van der Waals surface area contributed by atoms with Gasteiger partial charge in [-0.15, -0.1) is 0 Å². The van der Waals surface area contributed by atoms with Gasteiger partial charge in [-0.2, -0.15) is 0 Å². The molecule has 1 aromatic rings. The van der Waals surface area contributed by atoms with E-state index in [1.165, 1.54) is 6.20 Å². The molecule has 0 aromatic heterocycles. The van der Waals surface area contributed by atoms with Gasteiger partial charge >= 0.3 is 6.16 Å². The Morgan fingerprint density at radius 2 is 2.12 bits per heavy atom. The van der Waals surface area contributed by atoms with Crippen LogP contribution in [0.15, 0.2) is 47.3 Å². The van der Waals surface area contributed by atoms with E-state index in [9.17, 15) is 4.79 Å². The molecule has 88 valence electrons. The molecule has 0 amide bonds. The zero-order valence-electron chi connectivity index (χ0n) is 9.33. The van der Waals surface area contributed by atoms with Gasteiger partial charge in [0.15, 0.2) is 0 Å². The van der Waals surface area contributed by atoms with Crippen molar-refractivity contribution in [1.29, 1.82) is 0 Å². The Hall–Kier alpha value is -2.10. The van der Waals surface area contributed by atoms with Crippen LogP contribution in [0.2, 0.25) is 0 Å². The minimum Gasteiger partial charge on any atom is -0.429 e. The third-order valence-electron chi connectivity index (χ3n) is 2.26. The van der Waals surface area contributed by atoms with E-state index in [1.807, 2.05) is 30.3 Å². The van der Waals surface area contributed by atoms with Crippen LogP contribution in [0.25, 0.3) is 0 Å².